The molecule has 6 nitrogen and oxygen atoms in total. The Morgan fingerprint density at radius 2 is 1.79 bits per heavy atom. The van der Waals surface area contributed by atoms with E-state index in [-0.39, 0.29) is 4.90 Å². The van der Waals surface area contributed by atoms with Gasteiger partial charge < -0.3 is 0 Å². The molecule has 0 aliphatic heterocycles. The molecule has 0 saturated carbocycles. The number of nitrogens with zero attached hydrogens (tertiary/aromatic N) is 2. The van der Waals surface area contributed by atoms with Crippen LogP contribution < -0.4 is 4.83 Å². The predicted molar refractivity (Wildman–Crippen MR) is 112 cm³/mol. The van der Waals surface area contributed by atoms with Crippen LogP contribution in [0.4, 0.5) is 0 Å². The molecule has 2 aromatic carbocycles. The minimum atomic E-state index is -3.72. The van der Waals surface area contributed by atoms with Crippen LogP contribution in [0.1, 0.15) is 43.4 Å². The van der Waals surface area contributed by atoms with Gasteiger partial charge in [0.25, 0.3) is 10.0 Å². The third-order valence-electron chi connectivity index (χ3n) is 4.55. The summed E-state index contributed by atoms with van der Waals surface area (Å²) in [5, 5.41) is 10.9. The highest BCUT2D eigenvalue weighted by molar-refractivity contribution is 7.89. The van der Waals surface area contributed by atoms with E-state index in [2.05, 4.69) is 53.0 Å². The summed E-state index contributed by atoms with van der Waals surface area (Å²) in [6.07, 6.45) is 4.03. The molecule has 0 radical (unpaired) electrons. The van der Waals surface area contributed by atoms with Crippen LogP contribution in [0, 0.1) is 0 Å². The Hall–Kier alpha value is -2.93. The monoisotopic (exact) mass is 396 g/mol. The summed E-state index contributed by atoms with van der Waals surface area (Å²) in [5.41, 5.74) is 4.77. The zero-order valence-electron chi connectivity index (χ0n) is 16.2. The van der Waals surface area contributed by atoms with Gasteiger partial charge in [0.05, 0.1) is 23.0 Å². The Morgan fingerprint density at radius 3 is 2.39 bits per heavy atom. The van der Waals surface area contributed by atoms with Crippen molar-refractivity contribution in [3.8, 4) is 11.3 Å². The number of H-pyrrole nitrogens is 1. The van der Waals surface area contributed by atoms with Gasteiger partial charge in [-0.25, -0.2) is 4.83 Å². The first-order valence-electron chi connectivity index (χ1n) is 9.18. The van der Waals surface area contributed by atoms with Gasteiger partial charge in [-0.3, -0.25) is 5.10 Å². The number of benzene rings is 2. The molecular weight excluding hydrogens is 372 g/mol. The molecule has 1 aromatic heterocycles. The normalized spacial score (nSPS) is 12.0. The van der Waals surface area contributed by atoms with Gasteiger partial charge >= 0.3 is 0 Å². The molecule has 28 heavy (non-hydrogen) atoms. The second-order valence-corrected chi connectivity index (χ2v) is 8.49. The third kappa shape index (κ3) is 4.48. The molecule has 3 rings (SSSR count). The molecule has 2 N–H and O–H groups in total. The number of aryl methyl sites for hydroxylation is 1. The van der Waals surface area contributed by atoms with E-state index in [0.717, 1.165) is 23.2 Å². The van der Waals surface area contributed by atoms with Crippen molar-refractivity contribution in [2.24, 2.45) is 5.10 Å². The Morgan fingerprint density at radius 1 is 1.11 bits per heavy atom. The lowest BCUT2D eigenvalue weighted by Crippen LogP contribution is -2.18. The SMILES string of the molecule is CCc1ccc(-c2[nH]ncc2/C=N\NS(=O)(=O)c2ccc(C(C)C)cc2)cc1. The summed E-state index contributed by atoms with van der Waals surface area (Å²) in [7, 11) is -3.72. The molecule has 0 unspecified atom stereocenters. The van der Waals surface area contributed by atoms with Crippen molar-refractivity contribution in [1.82, 2.24) is 15.0 Å². The van der Waals surface area contributed by atoms with Crippen molar-refractivity contribution in [2.45, 2.75) is 38.0 Å². The number of aromatic amines is 1. The Balaban J connectivity index is 1.75. The smallest absolute Gasteiger partial charge is 0.276 e. The van der Waals surface area contributed by atoms with Crippen LogP contribution in [0.15, 0.2) is 64.7 Å². The van der Waals surface area contributed by atoms with Crippen LogP contribution in [0.3, 0.4) is 0 Å². The quantitative estimate of drug-likeness (QED) is 0.466. The second kappa shape index (κ2) is 8.39. The summed E-state index contributed by atoms with van der Waals surface area (Å²) in [6, 6.07) is 14.9. The first-order chi connectivity index (χ1) is 13.4. The molecule has 0 spiro atoms. The molecule has 0 amide bonds. The van der Waals surface area contributed by atoms with E-state index in [0.29, 0.717) is 11.5 Å². The zero-order valence-corrected chi connectivity index (χ0v) is 17.0. The number of sulfonamides is 1. The standard InChI is InChI=1S/C21H24N4O2S/c1-4-16-5-7-18(8-6-16)21-19(13-22-24-21)14-23-25-28(26,27)20-11-9-17(10-12-20)15(2)3/h5-15,25H,4H2,1-3H3,(H,22,24)/b23-14-. The van der Waals surface area contributed by atoms with Crippen LogP contribution in [0.25, 0.3) is 11.3 Å². The van der Waals surface area contributed by atoms with E-state index in [1.807, 2.05) is 24.3 Å². The number of hydrogen-bond donors (Lipinski definition) is 2. The molecule has 7 heteroatoms. The molecule has 0 atom stereocenters. The number of hydrazone groups is 1. The van der Waals surface area contributed by atoms with E-state index in [4.69, 9.17) is 0 Å². The summed E-state index contributed by atoms with van der Waals surface area (Å²) in [6.45, 7) is 6.22. The summed E-state index contributed by atoms with van der Waals surface area (Å²) in [4.78, 5) is 2.44. The van der Waals surface area contributed by atoms with Crippen molar-refractivity contribution in [1.29, 1.82) is 0 Å². The summed E-state index contributed by atoms with van der Waals surface area (Å²) in [5.74, 6) is 0.341. The maximum absolute atomic E-state index is 12.4. The first-order valence-corrected chi connectivity index (χ1v) is 10.7. The van der Waals surface area contributed by atoms with Crippen molar-refractivity contribution < 1.29 is 8.42 Å². The van der Waals surface area contributed by atoms with Crippen LogP contribution in [0.2, 0.25) is 0 Å². The lowest BCUT2D eigenvalue weighted by atomic mass is 10.0. The largest absolute Gasteiger partial charge is 0.277 e. The maximum Gasteiger partial charge on any atom is 0.276 e. The predicted octanol–water partition coefficient (Wildman–Crippen LogP) is 4.07. The topological polar surface area (TPSA) is 87.2 Å². The molecule has 1 heterocycles. The molecule has 0 saturated heterocycles. The first kappa shape index (κ1) is 19.8. The molecule has 0 aliphatic rings. The van der Waals surface area contributed by atoms with E-state index in [1.165, 1.54) is 11.8 Å². The Labute approximate surface area is 165 Å². The Kier molecular flexibility index (Phi) is 5.94. The number of hydrogen-bond acceptors (Lipinski definition) is 4. The second-order valence-electron chi connectivity index (χ2n) is 6.83. The lowest BCUT2D eigenvalue weighted by Gasteiger charge is -2.07. The third-order valence-corrected chi connectivity index (χ3v) is 5.79. The molecule has 0 aliphatic carbocycles. The highest BCUT2D eigenvalue weighted by atomic mass is 32.2. The van der Waals surface area contributed by atoms with Crippen LogP contribution in [-0.2, 0) is 16.4 Å². The van der Waals surface area contributed by atoms with E-state index < -0.39 is 10.0 Å². The van der Waals surface area contributed by atoms with Crippen LogP contribution >= 0.6 is 0 Å². The maximum atomic E-state index is 12.4. The molecule has 0 fully saturated rings. The fourth-order valence-electron chi connectivity index (χ4n) is 2.78. The van der Waals surface area contributed by atoms with Gasteiger partial charge in [-0.1, -0.05) is 57.2 Å². The van der Waals surface area contributed by atoms with E-state index in [1.54, 1.807) is 18.3 Å². The molecule has 3 aromatic rings. The average molecular weight is 397 g/mol. The minimum Gasteiger partial charge on any atom is -0.277 e. The van der Waals surface area contributed by atoms with Gasteiger partial charge in [0.1, 0.15) is 0 Å². The fraction of sp³-hybridized carbons (Fsp3) is 0.238. The van der Waals surface area contributed by atoms with Crippen molar-refractivity contribution in [3.63, 3.8) is 0 Å². The van der Waals surface area contributed by atoms with Gasteiger partial charge in [-0.15, -0.1) is 0 Å². The number of rotatable bonds is 7. The van der Waals surface area contributed by atoms with Gasteiger partial charge in [-0.2, -0.15) is 18.6 Å². The van der Waals surface area contributed by atoms with Gasteiger partial charge in [0, 0.05) is 11.1 Å². The molecular formula is C21H24N4O2S. The van der Waals surface area contributed by atoms with Crippen LogP contribution in [-0.4, -0.2) is 24.8 Å². The average Bonchev–Trinajstić information content (AvgIpc) is 3.16. The van der Waals surface area contributed by atoms with Gasteiger partial charge in [-0.05, 0) is 35.6 Å². The van der Waals surface area contributed by atoms with Gasteiger partial charge in [0.15, 0.2) is 0 Å². The molecule has 0 bridgehead atoms. The fourth-order valence-corrected chi connectivity index (χ4v) is 3.57. The number of aromatic nitrogens is 2. The van der Waals surface area contributed by atoms with Crippen LogP contribution in [0.5, 0.6) is 0 Å². The lowest BCUT2D eigenvalue weighted by molar-refractivity contribution is 0.584. The minimum absolute atomic E-state index is 0.177. The van der Waals surface area contributed by atoms with Crippen molar-refractivity contribution >= 4 is 16.2 Å². The molecule has 146 valence electrons. The summed E-state index contributed by atoms with van der Waals surface area (Å²) < 4.78 is 24.8. The Bertz CT molecular complexity index is 1050. The highest BCUT2D eigenvalue weighted by Gasteiger charge is 2.13. The summed E-state index contributed by atoms with van der Waals surface area (Å²) >= 11 is 0. The van der Waals surface area contributed by atoms with Gasteiger partial charge in [0.2, 0.25) is 0 Å². The van der Waals surface area contributed by atoms with E-state index in [9.17, 15) is 8.42 Å². The van der Waals surface area contributed by atoms with Crippen molar-refractivity contribution in [3.05, 3.63) is 71.4 Å². The highest BCUT2D eigenvalue weighted by Crippen LogP contribution is 2.21. The number of nitrogens with one attached hydrogen (secondary N) is 2. The van der Waals surface area contributed by atoms with Crippen molar-refractivity contribution in [2.75, 3.05) is 0 Å². The van der Waals surface area contributed by atoms with E-state index >= 15 is 0 Å². The zero-order chi connectivity index (χ0) is 20.1.